The van der Waals surface area contributed by atoms with E-state index in [1.54, 1.807) is 0 Å². The highest BCUT2D eigenvalue weighted by Gasteiger charge is 2.29. The van der Waals surface area contributed by atoms with Crippen LogP contribution in [-0.2, 0) is 55.8 Å². The van der Waals surface area contributed by atoms with E-state index >= 15 is 0 Å². The number of carbonyl (C=O) groups excluding carboxylic acids is 3. The second-order valence-electron chi connectivity index (χ2n) is 27.6. The van der Waals surface area contributed by atoms with Crippen LogP contribution in [0.5, 0.6) is 0 Å². The summed E-state index contributed by atoms with van der Waals surface area (Å²) in [5.74, 6) is -1.58. The first-order chi connectivity index (χ1) is 50.2. The molecule has 0 aliphatic heterocycles. The fourth-order valence-electron chi connectivity index (χ4n) is 11.2. The molecule has 0 aliphatic carbocycles. The van der Waals surface area contributed by atoms with E-state index in [-0.39, 0.29) is 19.3 Å². The molecule has 16 nitrogen and oxygen atoms in total. The highest BCUT2D eigenvalue weighted by Crippen LogP contribution is 2.45. The number of hydrogen-bond donors (Lipinski definition) is 4. The molecule has 103 heavy (non-hydrogen) atoms. The summed E-state index contributed by atoms with van der Waals surface area (Å²) in [5.41, 5.74) is 0. The van der Waals surface area contributed by atoms with Gasteiger partial charge in [0, 0.05) is 19.3 Å². The second kappa shape index (κ2) is 77.8. The number of unbranched alkanes of at least 4 members (excludes halogenated alkanes) is 37. The molecule has 0 bridgehead atoms. The van der Waals surface area contributed by atoms with E-state index in [0.29, 0.717) is 19.3 Å². The summed E-state index contributed by atoms with van der Waals surface area (Å²) < 4.78 is 61.1. The van der Waals surface area contributed by atoms with Gasteiger partial charge < -0.3 is 34.2 Å². The van der Waals surface area contributed by atoms with Gasteiger partial charge in [0.1, 0.15) is 25.4 Å². The maximum Gasteiger partial charge on any atom is 0.472 e. The molecule has 0 fully saturated rings. The van der Waals surface area contributed by atoms with Crippen LogP contribution in [0.25, 0.3) is 0 Å². The van der Waals surface area contributed by atoms with E-state index in [9.17, 15) is 43.5 Å². The Kier molecular flexibility index (Phi) is 74.9. The van der Waals surface area contributed by atoms with E-state index in [1.807, 2.05) is 0 Å². The zero-order chi connectivity index (χ0) is 75.2. The van der Waals surface area contributed by atoms with Gasteiger partial charge in [-0.3, -0.25) is 32.5 Å². The van der Waals surface area contributed by atoms with Gasteiger partial charge in [-0.05, 0) is 109 Å². The van der Waals surface area contributed by atoms with Gasteiger partial charge in [-0.15, -0.1) is 0 Å². The maximum absolute atomic E-state index is 12.9. The van der Waals surface area contributed by atoms with Gasteiger partial charge >= 0.3 is 33.6 Å². The van der Waals surface area contributed by atoms with Crippen LogP contribution in [0, 0.1) is 0 Å². The molecule has 0 radical (unpaired) electrons. The summed E-state index contributed by atoms with van der Waals surface area (Å²) >= 11 is 0. The van der Waals surface area contributed by atoms with Crippen LogP contribution in [-0.4, -0.2) is 95.9 Å². The zero-order valence-corrected chi connectivity index (χ0v) is 67.0. The number of esters is 3. The summed E-state index contributed by atoms with van der Waals surface area (Å²) in [4.78, 5) is 58.6. The Hall–Kier alpha value is -3.79. The SMILES string of the molecule is CC/C=C\C/C=C\C/C=C\C/C=C\C/C=C\CCCCCCCC(=O)OCC(COP(=O)(O)OCC(O)COP(=O)(O)OCC(O)COC(=O)CCCCCCCCCCCCCCCCCCC/C=C\C/C=C\C/C=C\C/C=C\CCCCC)OC(=O)CCCCCCCCCCCCCCC. The van der Waals surface area contributed by atoms with Gasteiger partial charge in [0.15, 0.2) is 6.10 Å². The van der Waals surface area contributed by atoms with Crippen molar-refractivity contribution in [2.75, 3.05) is 39.6 Å². The van der Waals surface area contributed by atoms with E-state index < -0.39 is 91.5 Å². The van der Waals surface area contributed by atoms with Crippen molar-refractivity contribution in [1.82, 2.24) is 0 Å². The van der Waals surface area contributed by atoms with Crippen LogP contribution in [0.1, 0.15) is 355 Å². The predicted octanol–water partition coefficient (Wildman–Crippen LogP) is 24.3. The number of aliphatic hydroxyl groups is 2. The Morgan fingerprint density at radius 1 is 0.282 bits per heavy atom. The lowest BCUT2D eigenvalue weighted by Gasteiger charge is -2.21. The highest BCUT2D eigenvalue weighted by atomic mass is 31.2. The number of carbonyl (C=O) groups is 3. The standard InChI is InChI=1S/C85H150O16P2/c1-4-7-10-13-16-19-22-25-27-29-31-33-34-35-36-37-38-39-40-41-42-43-44-46-48-49-51-54-56-59-62-65-68-71-83(88)95-74-80(86)75-97-102(91,92)98-76-81(87)77-99-103(93,94)100-79-82(101-85(90)73-70-67-64-61-58-53-24-21-18-15-12-9-6-3)78-96-84(89)72-69-66-63-60-57-55-52-50-47-45-32-30-28-26-23-20-17-14-11-8-5-2/h8,11,16-17,19-20,25-28,31-33,35-36,45,50,52,80-82,86-87H,4-7,9-10,12-15,18,21-24,29-30,34,37-44,46-49,51,53-79H2,1-3H3,(H,91,92)(H,93,94)/b11-8-,19-16-,20-17-,27-25-,28-26-,33-31-,36-35-,45-32-,52-50-. The smallest absolute Gasteiger partial charge is 0.463 e. The molecule has 0 aromatic rings. The van der Waals surface area contributed by atoms with Gasteiger partial charge in [0.05, 0.1) is 26.4 Å². The molecule has 0 heterocycles. The van der Waals surface area contributed by atoms with Gasteiger partial charge in [-0.2, -0.15) is 0 Å². The van der Waals surface area contributed by atoms with Gasteiger partial charge in [-0.1, -0.05) is 336 Å². The van der Waals surface area contributed by atoms with Crippen molar-refractivity contribution in [3.8, 4) is 0 Å². The molecule has 596 valence electrons. The van der Waals surface area contributed by atoms with Crippen molar-refractivity contribution >= 4 is 33.6 Å². The van der Waals surface area contributed by atoms with Gasteiger partial charge in [-0.25, -0.2) is 9.13 Å². The first kappa shape index (κ1) is 99.2. The van der Waals surface area contributed by atoms with Crippen molar-refractivity contribution in [2.45, 2.75) is 373 Å². The third-order valence-electron chi connectivity index (χ3n) is 17.5. The van der Waals surface area contributed by atoms with Crippen molar-refractivity contribution < 1.29 is 75.8 Å². The molecular formula is C85H150O16P2. The van der Waals surface area contributed by atoms with E-state index in [1.165, 1.54) is 167 Å². The Labute approximate surface area is 628 Å². The second-order valence-corrected chi connectivity index (χ2v) is 30.5. The van der Waals surface area contributed by atoms with Crippen LogP contribution >= 0.6 is 15.6 Å². The fraction of sp³-hybridized carbons (Fsp3) is 0.753. The maximum atomic E-state index is 12.9. The molecule has 18 heteroatoms. The molecule has 0 aliphatic rings. The third kappa shape index (κ3) is 79.1. The molecule has 0 aromatic heterocycles. The quantitative estimate of drug-likeness (QED) is 0.0146. The minimum absolute atomic E-state index is 0.102. The number of hydrogen-bond acceptors (Lipinski definition) is 14. The van der Waals surface area contributed by atoms with Crippen LogP contribution in [0.4, 0.5) is 0 Å². The van der Waals surface area contributed by atoms with Crippen molar-refractivity contribution in [1.29, 1.82) is 0 Å². The van der Waals surface area contributed by atoms with Crippen molar-refractivity contribution in [3.05, 3.63) is 109 Å². The number of phosphoric ester groups is 2. The molecule has 0 amide bonds. The van der Waals surface area contributed by atoms with Crippen LogP contribution in [0.2, 0.25) is 0 Å². The number of allylic oxidation sites excluding steroid dienone is 18. The number of aliphatic hydroxyl groups excluding tert-OH is 2. The van der Waals surface area contributed by atoms with Crippen molar-refractivity contribution in [2.24, 2.45) is 0 Å². The molecule has 5 unspecified atom stereocenters. The Morgan fingerprint density at radius 3 is 0.835 bits per heavy atom. The topological polar surface area (TPSA) is 231 Å². The molecule has 0 spiro atoms. The van der Waals surface area contributed by atoms with Crippen LogP contribution in [0.15, 0.2) is 109 Å². The van der Waals surface area contributed by atoms with Gasteiger partial charge in [0.2, 0.25) is 0 Å². The number of rotatable bonds is 78. The predicted molar refractivity (Wildman–Crippen MR) is 427 cm³/mol. The summed E-state index contributed by atoms with van der Waals surface area (Å²) in [5, 5.41) is 20.6. The summed E-state index contributed by atoms with van der Waals surface area (Å²) in [6.45, 7) is 2.55. The summed E-state index contributed by atoms with van der Waals surface area (Å²) in [6, 6.07) is 0. The monoisotopic (exact) mass is 1490 g/mol. The molecule has 5 atom stereocenters. The molecular weight excluding hydrogens is 1340 g/mol. The minimum Gasteiger partial charge on any atom is -0.463 e. The highest BCUT2D eigenvalue weighted by molar-refractivity contribution is 7.47. The number of phosphoric acid groups is 2. The molecule has 4 N–H and O–H groups in total. The van der Waals surface area contributed by atoms with Crippen LogP contribution < -0.4 is 0 Å². The van der Waals surface area contributed by atoms with E-state index in [4.69, 9.17) is 32.3 Å². The zero-order valence-electron chi connectivity index (χ0n) is 65.2. The molecule has 0 saturated carbocycles. The molecule has 0 saturated heterocycles. The Bertz CT molecular complexity index is 2310. The average Bonchev–Trinajstić information content (AvgIpc) is 0.944. The minimum atomic E-state index is -4.93. The van der Waals surface area contributed by atoms with Crippen molar-refractivity contribution in [3.63, 3.8) is 0 Å². The Balaban J connectivity index is 4.41. The average molecular weight is 1490 g/mol. The van der Waals surface area contributed by atoms with E-state index in [0.717, 1.165) is 128 Å². The molecule has 0 aromatic carbocycles. The first-order valence-corrected chi connectivity index (χ1v) is 44.2. The van der Waals surface area contributed by atoms with Gasteiger partial charge in [0.25, 0.3) is 0 Å². The summed E-state index contributed by atoms with van der Waals surface area (Å²) in [6.07, 6.45) is 91.5. The number of ether oxygens (including phenoxy) is 3. The van der Waals surface area contributed by atoms with E-state index in [2.05, 4.69) is 130 Å². The Morgan fingerprint density at radius 2 is 0.515 bits per heavy atom. The largest absolute Gasteiger partial charge is 0.472 e. The summed E-state index contributed by atoms with van der Waals surface area (Å²) in [7, 11) is -9.79. The first-order valence-electron chi connectivity index (χ1n) is 41.2. The van der Waals surface area contributed by atoms with Crippen LogP contribution in [0.3, 0.4) is 0 Å². The third-order valence-corrected chi connectivity index (χ3v) is 19.4. The fourth-order valence-corrected chi connectivity index (χ4v) is 12.8. The molecule has 0 rings (SSSR count). The lowest BCUT2D eigenvalue weighted by atomic mass is 10.0. The lowest BCUT2D eigenvalue weighted by molar-refractivity contribution is -0.161. The lowest BCUT2D eigenvalue weighted by Crippen LogP contribution is -2.30. The normalized spacial score (nSPS) is 14.5.